The molecule has 3 spiro atoms. The Morgan fingerprint density at radius 1 is 0.511 bits per heavy atom. The summed E-state index contributed by atoms with van der Waals surface area (Å²) in [7, 11) is -6.84. The minimum absolute atomic E-state index is 0. The van der Waals surface area contributed by atoms with Crippen LogP contribution in [0.25, 0.3) is 0 Å². The van der Waals surface area contributed by atoms with Crippen LogP contribution in [0, 0.1) is 110 Å². The third-order valence-electron chi connectivity index (χ3n) is 30.9. The molecule has 2 aromatic carbocycles. The Morgan fingerprint density at radius 3 is 1.35 bits per heavy atom. The first kappa shape index (κ1) is 73.5. The predicted molar refractivity (Wildman–Crippen MR) is 371 cm³/mol. The Hall–Kier alpha value is -1.22. The van der Waals surface area contributed by atoms with Gasteiger partial charge in [-0.3, -0.25) is 0 Å². The van der Waals surface area contributed by atoms with Crippen molar-refractivity contribution in [1.29, 1.82) is 0 Å². The fourth-order valence-corrected chi connectivity index (χ4v) is 28.2. The van der Waals surface area contributed by atoms with Crippen molar-refractivity contribution >= 4 is 19.7 Å². The molecular formula is C81H129LiO8S2. The van der Waals surface area contributed by atoms with Crippen LogP contribution >= 0.6 is 0 Å². The molecule has 0 aromatic heterocycles. The fourth-order valence-electron chi connectivity index (χ4n) is 24.4. The minimum atomic E-state index is -3.60. The van der Waals surface area contributed by atoms with Crippen LogP contribution in [-0.4, -0.2) is 72.2 Å². The molecule has 1 aliphatic heterocycles. The van der Waals surface area contributed by atoms with Gasteiger partial charge in [0.15, 0.2) is 19.7 Å². The first-order chi connectivity index (χ1) is 42.4. The molecular weight excluding hydrogens is 1170 g/mol. The van der Waals surface area contributed by atoms with Crippen molar-refractivity contribution in [3.8, 4) is 0 Å². The van der Waals surface area contributed by atoms with Gasteiger partial charge in [0.05, 0.1) is 49.8 Å². The quantitative estimate of drug-likeness (QED) is 0.115. The van der Waals surface area contributed by atoms with Crippen LogP contribution in [0.15, 0.2) is 70.5 Å². The van der Waals surface area contributed by atoms with Crippen LogP contribution in [0.4, 0.5) is 0 Å². The molecule has 1 saturated heterocycles. The Balaban J connectivity index is 0.000000166. The van der Waals surface area contributed by atoms with Gasteiger partial charge in [-0.15, -0.1) is 0 Å². The molecule has 12 aliphatic carbocycles. The van der Waals surface area contributed by atoms with Gasteiger partial charge in [-0.2, -0.15) is 6.42 Å². The average Bonchev–Trinajstić information content (AvgIpc) is 1.68. The molecule has 92 heavy (non-hydrogen) atoms. The summed E-state index contributed by atoms with van der Waals surface area (Å²) in [5, 5.41) is 33.0. The van der Waals surface area contributed by atoms with E-state index in [1.807, 2.05) is 50.2 Å². The second-order valence-electron chi connectivity index (χ2n) is 36.3. The molecule has 0 radical (unpaired) electrons. The van der Waals surface area contributed by atoms with Gasteiger partial charge >= 0.3 is 18.9 Å². The van der Waals surface area contributed by atoms with Gasteiger partial charge in [0.1, 0.15) is 0 Å². The largest absolute Gasteiger partial charge is 1.00 e. The average molecular weight is 1300 g/mol. The number of rotatable bonds is 11. The zero-order valence-electron chi connectivity index (χ0n) is 58.9. The van der Waals surface area contributed by atoms with Gasteiger partial charge in [-0.25, -0.2) is 16.8 Å². The van der Waals surface area contributed by atoms with Crippen molar-refractivity contribution in [2.75, 3.05) is 12.4 Å². The van der Waals surface area contributed by atoms with Crippen molar-refractivity contribution in [3.05, 3.63) is 67.6 Å². The number of unbranched alkanes of at least 4 members (excludes halogenated alkanes) is 1. The smallest absolute Gasteiger partial charge is 0.390 e. The number of hydrogen-bond donors (Lipinski definition) is 3. The van der Waals surface area contributed by atoms with E-state index in [1.54, 1.807) is 24.3 Å². The van der Waals surface area contributed by atoms with E-state index in [0.29, 0.717) is 67.6 Å². The molecule has 0 amide bonds. The van der Waals surface area contributed by atoms with Crippen molar-refractivity contribution in [2.45, 2.75) is 319 Å². The molecule has 13 aliphatic rings. The van der Waals surface area contributed by atoms with Crippen LogP contribution in [0.3, 0.4) is 0 Å². The maximum Gasteiger partial charge on any atom is 1.00 e. The monoisotopic (exact) mass is 1300 g/mol. The van der Waals surface area contributed by atoms with E-state index in [2.05, 4.69) is 55.4 Å². The summed E-state index contributed by atoms with van der Waals surface area (Å²) >= 11 is 0. The van der Waals surface area contributed by atoms with Gasteiger partial charge in [-0.05, 0) is 341 Å². The Morgan fingerprint density at radius 2 is 0.913 bits per heavy atom. The molecule has 8 nitrogen and oxygen atoms in total. The van der Waals surface area contributed by atoms with E-state index >= 15 is 0 Å². The van der Waals surface area contributed by atoms with Gasteiger partial charge in [0, 0.05) is 0 Å². The third-order valence-corrected chi connectivity index (χ3v) is 35.2. The zero-order chi connectivity index (χ0) is 64.2. The minimum Gasteiger partial charge on any atom is -0.390 e. The standard InChI is InChI=1S/C38H58O4S.C29H44O3S.C9H14O.C4H9.CH4.Li/c1-26(33(43(41,42)28-8-6-5-7-9-28)25-38(40)22-20-37(18-19-37)21-23-38)30-12-13-31-29-11-10-27-24-34(2,39)16-17-35(27,3)32(29)14-15-36(30,31)4;1-20(19-33(31,32)22-8-6-5-7-9-22)24-12-13-25-23-11-10-21-18-27(2,30)16-17-28(21,3)26(23)14-15-29(24,25)4;1-2-8(1)3-5-9(6-4-8)7-10-9;1-3-4-2;;/h5-9,26-27,29-33,39-40H,10-25H2,1-4H3;5-9,20-21,23-26,30H,10-19H2,1-4H3;1-7H2;1,3-4H2,2H3;1H4;/q;;;-1;;+1/t26-,27-,29-,30+,31-,32-,33?,34-,35-,36+;20-,21+,23+,24-,25+,26+,27+,28+,29-;;;;/m01..../s1. The number of sulfone groups is 2. The summed E-state index contributed by atoms with van der Waals surface area (Å²) < 4.78 is 60.7. The molecule has 12 saturated carbocycles. The van der Waals surface area contributed by atoms with Crippen LogP contribution in [0.1, 0.15) is 282 Å². The number of hydrogen-bond acceptors (Lipinski definition) is 8. The van der Waals surface area contributed by atoms with E-state index in [-0.39, 0.29) is 54.7 Å². The van der Waals surface area contributed by atoms with E-state index in [9.17, 15) is 32.2 Å². The molecule has 11 heteroatoms. The predicted octanol–water partition coefficient (Wildman–Crippen LogP) is 16.2. The Kier molecular flexibility index (Phi) is 21.6. The van der Waals surface area contributed by atoms with Crippen molar-refractivity contribution in [1.82, 2.24) is 0 Å². The van der Waals surface area contributed by atoms with E-state index in [4.69, 9.17) is 4.74 Å². The number of epoxide rings is 1. The second-order valence-corrected chi connectivity index (χ2v) is 40.5. The first-order valence-corrected chi connectivity index (χ1v) is 40.8. The maximum absolute atomic E-state index is 14.5. The SMILES string of the molecule is C.C1CC12CCC1(CC2)CO1.C[C@H](C(CC1(O)CCC2(CC1)CC2)S(=O)(=O)c1ccccc1)[C@H]1CC[C@H]2[C@@H]3CC[C@H]4C[C@@](C)(O)CC[C@]4(C)[C@H]3CC[C@]12C.C[C@H](CS(=O)(=O)c1ccccc1)[C@H]1CC[C@H]2[C@@H]3CC[C@H]4C[C@@](C)(O)CC[C@]4(C)[C@H]3CC[C@]12C.[CH2-]CCC.[Li+]. The molecule has 1 unspecified atom stereocenters. The summed E-state index contributed by atoms with van der Waals surface area (Å²) in [6, 6.07) is 18.1. The van der Waals surface area contributed by atoms with E-state index in [0.717, 1.165) is 112 Å². The van der Waals surface area contributed by atoms with Crippen LogP contribution < -0.4 is 18.9 Å². The summed E-state index contributed by atoms with van der Waals surface area (Å²) in [4.78, 5) is 0.896. The topological polar surface area (TPSA) is 142 Å². The third kappa shape index (κ3) is 14.3. The maximum atomic E-state index is 14.5. The van der Waals surface area contributed by atoms with Crippen LogP contribution in [0.2, 0.25) is 0 Å². The summed E-state index contributed by atoms with van der Waals surface area (Å²) in [5.74, 6) is 7.06. The normalized spacial score (nSPS) is 42.9. The van der Waals surface area contributed by atoms with Gasteiger partial charge in [0.25, 0.3) is 0 Å². The molecule has 3 N–H and O–H groups in total. The van der Waals surface area contributed by atoms with Gasteiger partial charge in [-0.1, -0.05) is 98.7 Å². The summed E-state index contributed by atoms with van der Waals surface area (Å²) in [6.07, 6.45) is 38.5. The van der Waals surface area contributed by atoms with Gasteiger partial charge in [0.2, 0.25) is 0 Å². The van der Waals surface area contributed by atoms with Crippen LogP contribution in [0.5, 0.6) is 0 Å². The number of benzene rings is 2. The zero-order valence-corrected chi connectivity index (χ0v) is 60.6. The number of ether oxygens (including phenoxy) is 1. The molecule has 15 rings (SSSR count). The fraction of sp³-hybridized carbons (Fsp3) is 0.840. The van der Waals surface area contributed by atoms with Crippen molar-refractivity contribution < 1.29 is 55.8 Å². The first-order valence-electron chi connectivity index (χ1n) is 37.6. The van der Waals surface area contributed by atoms with Crippen molar-refractivity contribution in [3.63, 3.8) is 0 Å². The summed E-state index contributed by atoms with van der Waals surface area (Å²) in [5.41, 5.74) is 1.02. The number of fused-ring (bicyclic) bond motifs is 10. The van der Waals surface area contributed by atoms with Gasteiger partial charge < -0.3 is 27.0 Å². The summed E-state index contributed by atoms with van der Waals surface area (Å²) in [6.45, 7) is 25.5. The van der Waals surface area contributed by atoms with Crippen LogP contribution in [-0.2, 0) is 24.4 Å². The molecule has 1 heterocycles. The Bertz CT molecular complexity index is 2980. The number of aliphatic hydroxyl groups is 3. The molecule has 2 aromatic rings. The van der Waals surface area contributed by atoms with Crippen molar-refractivity contribution in [2.24, 2.45) is 104 Å². The second kappa shape index (κ2) is 27.0. The molecule has 514 valence electrons. The molecule has 0 bridgehead atoms. The molecule has 13 fully saturated rings. The van der Waals surface area contributed by atoms with E-state index < -0.39 is 41.7 Å². The van der Waals surface area contributed by atoms with E-state index in [1.165, 1.54) is 135 Å². The Labute approximate surface area is 574 Å². The molecule has 19 atom stereocenters.